The average Bonchev–Trinajstić information content (AvgIpc) is 2.27. The molecule has 0 aliphatic carbocycles. The van der Waals surface area contributed by atoms with Crippen LogP contribution in [0.25, 0.3) is 0 Å². The lowest BCUT2D eigenvalue weighted by Crippen LogP contribution is -2.36. The highest BCUT2D eigenvalue weighted by molar-refractivity contribution is 5.15. The lowest BCUT2D eigenvalue weighted by Gasteiger charge is -2.15. The summed E-state index contributed by atoms with van der Waals surface area (Å²) in [4.78, 5) is 0. The molecule has 3 heteroatoms. The molecule has 2 atom stereocenters. The Balaban J connectivity index is 2.27. The minimum atomic E-state index is -0.664. The fraction of sp³-hybridized carbons (Fsp3) is 0.500. The van der Waals surface area contributed by atoms with Gasteiger partial charge in [0.15, 0.2) is 0 Å². The van der Waals surface area contributed by atoms with Crippen molar-refractivity contribution in [2.24, 2.45) is 0 Å². The highest BCUT2D eigenvalue weighted by atomic mass is 16.3. The first kappa shape index (κ1) is 12.2. The van der Waals surface area contributed by atoms with Gasteiger partial charge in [0.1, 0.15) is 0 Å². The first-order valence-corrected chi connectivity index (χ1v) is 5.28. The van der Waals surface area contributed by atoms with Crippen molar-refractivity contribution in [3.8, 4) is 0 Å². The number of benzene rings is 1. The molecule has 3 nitrogen and oxygen atoms in total. The van der Waals surface area contributed by atoms with Crippen LogP contribution in [0, 0.1) is 0 Å². The van der Waals surface area contributed by atoms with E-state index in [-0.39, 0.29) is 6.61 Å². The molecule has 1 aromatic carbocycles. The normalized spacial score (nSPS) is 14.9. The Morgan fingerprint density at radius 3 is 2.53 bits per heavy atom. The minimum Gasteiger partial charge on any atom is -0.394 e. The summed E-state index contributed by atoms with van der Waals surface area (Å²) < 4.78 is 0. The molecule has 1 rings (SSSR count). The van der Waals surface area contributed by atoms with Crippen LogP contribution in [0.1, 0.15) is 12.5 Å². The molecule has 0 fully saturated rings. The maximum Gasteiger partial charge on any atom is 0.0895 e. The van der Waals surface area contributed by atoms with E-state index in [1.165, 1.54) is 5.56 Å². The van der Waals surface area contributed by atoms with Crippen molar-refractivity contribution in [1.29, 1.82) is 0 Å². The number of hydrogen-bond acceptors (Lipinski definition) is 3. The van der Waals surface area contributed by atoms with Gasteiger partial charge in [-0.2, -0.15) is 0 Å². The maximum absolute atomic E-state index is 9.16. The summed E-state index contributed by atoms with van der Waals surface area (Å²) in [5.41, 5.74) is 1.27. The van der Waals surface area contributed by atoms with Crippen LogP contribution in [0.5, 0.6) is 0 Å². The Labute approximate surface area is 90.8 Å². The number of rotatable bonds is 6. The van der Waals surface area contributed by atoms with Crippen LogP contribution in [0.3, 0.4) is 0 Å². The summed E-state index contributed by atoms with van der Waals surface area (Å²) >= 11 is 0. The van der Waals surface area contributed by atoms with Gasteiger partial charge in [-0.3, -0.25) is 0 Å². The zero-order valence-electron chi connectivity index (χ0n) is 9.06. The quantitative estimate of drug-likeness (QED) is 0.641. The number of nitrogens with one attached hydrogen (secondary N) is 1. The summed E-state index contributed by atoms with van der Waals surface area (Å²) in [6, 6.07) is 10.5. The van der Waals surface area contributed by atoms with Crippen LogP contribution >= 0.6 is 0 Å². The molecular formula is C12H19NO2. The first-order chi connectivity index (χ1) is 7.22. The van der Waals surface area contributed by atoms with Gasteiger partial charge in [0.05, 0.1) is 12.7 Å². The second kappa shape index (κ2) is 6.56. The third-order valence-electron chi connectivity index (χ3n) is 2.30. The molecule has 3 N–H and O–H groups in total. The summed E-state index contributed by atoms with van der Waals surface area (Å²) in [7, 11) is 0. The monoisotopic (exact) mass is 209 g/mol. The molecule has 0 bridgehead atoms. The molecule has 0 saturated heterocycles. The molecular weight excluding hydrogens is 190 g/mol. The molecule has 0 radical (unpaired) electrons. The van der Waals surface area contributed by atoms with Crippen molar-refractivity contribution in [1.82, 2.24) is 5.32 Å². The van der Waals surface area contributed by atoms with Gasteiger partial charge in [-0.25, -0.2) is 0 Å². The van der Waals surface area contributed by atoms with Gasteiger partial charge in [-0.05, 0) is 18.9 Å². The highest BCUT2D eigenvalue weighted by Gasteiger charge is 2.06. The number of aliphatic hydroxyl groups is 2. The smallest absolute Gasteiger partial charge is 0.0895 e. The largest absolute Gasteiger partial charge is 0.394 e. The van der Waals surface area contributed by atoms with Crippen molar-refractivity contribution in [3.63, 3.8) is 0 Å². The summed E-state index contributed by atoms with van der Waals surface area (Å²) in [5, 5.41) is 21.0. The maximum atomic E-state index is 9.16. The van der Waals surface area contributed by atoms with E-state index in [2.05, 4.69) is 24.4 Å². The highest BCUT2D eigenvalue weighted by Crippen LogP contribution is 2.02. The Morgan fingerprint density at radius 2 is 1.93 bits per heavy atom. The van der Waals surface area contributed by atoms with Crippen LogP contribution in [0.2, 0.25) is 0 Å². The van der Waals surface area contributed by atoms with Crippen LogP contribution in [0.4, 0.5) is 0 Å². The summed E-state index contributed by atoms with van der Waals surface area (Å²) in [6.45, 7) is 2.31. The number of aliphatic hydroxyl groups excluding tert-OH is 2. The van der Waals surface area contributed by atoms with Crippen LogP contribution < -0.4 is 5.32 Å². The van der Waals surface area contributed by atoms with Crippen molar-refractivity contribution >= 4 is 0 Å². The lowest BCUT2D eigenvalue weighted by atomic mass is 10.1. The molecule has 15 heavy (non-hydrogen) atoms. The van der Waals surface area contributed by atoms with E-state index >= 15 is 0 Å². The van der Waals surface area contributed by atoms with Crippen LogP contribution in [-0.4, -0.2) is 35.5 Å². The van der Waals surface area contributed by atoms with Crippen molar-refractivity contribution < 1.29 is 10.2 Å². The molecule has 84 valence electrons. The lowest BCUT2D eigenvalue weighted by molar-refractivity contribution is 0.0924. The van der Waals surface area contributed by atoms with Gasteiger partial charge in [0.25, 0.3) is 0 Å². The van der Waals surface area contributed by atoms with E-state index in [0.29, 0.717) is 12.6 Å². The Kier molecular flexibility index (Phi) is 5.32. The Morgan fingerprint density at radius 1 is 1.27 bits per heavy atom. The minimum absolute atomic E-state index is 0.189. The van der Waals surface area contributed by atoms with E-state index in [1.807, 2.05) is 18.2 Å². The van der Waals surface area contributed by atoms with E-state index in [9.17, 15) is 0 Å². The third kappa shape index (κ3) is 4.93. The Hall–Kier alpha value is -0.900. The zero-order valence-corrected chi connectivity index (χ0v) is 9.06. The molecule has 0 aromatic heterocycles. The molecule has 0 aliphatic rings. The fourth-order valence-electron chi connectivity index (χ4n) is 1.44. The van der Waals surface area contributed by atoms with E-state index in [4.69, 9.17) is 10.2 Å². The van der Waals surface area contributed by atoms with Gasteiger partial charge in [-0.15, -0.1) is 0 Å². The first-order valence-electron chi connectivity index (χ1n) is 5.28. The van der Waals surface area contributed by atoms with Gasteiger partial charge in [0, 0.05) is 12.6 Å². The average molecular weight is 209 g/mol. The summed E-state index contributed by atoms with van der Waals surface area (Å²) in [5.74, 6) is 0. The molecule has 0 amide bonds. The van der Waals surface area contributed by atoms with E-state index in [1.54, 1.807) is 0 Å². The van der Waals surface area contributed by atoms with Gasteiger partial charge in [-0.1, -0.05) is 30.3 Å². The van der Waals surface area contributed by atoms with Crippen LogP contribution in [0.15, 0.2) is 30.3 Å². The molecule has 0 saturated carbocycles. The fourth-order valence-corrected chi connectivity index (χ4v) is 1.44. The molecule has 0 spiro atoms. The predicted molar refractivity (Wildman–Crippen MR) is 60.7 cm³/mol. The standard InChI is InChI=1S/C12H19NO2/c1-10(13-8-12(15)9-14)7-11-5-3-2-4-6-11/h2-6,10,12-15H,7-9H2,1H3/t10-,12-/m1/s1. The molecule has 0 unspecified atom stereocenters. The zero-order chi connectivity index (χ0) is 11.1. The summed E-state index contributed by atoms with van der Waals surface area (Å²) in [6.07, 6.45) is 0.266. The topological polar surface area (TPSA) is 52.5 Å². The van der Waals surface area contributed by atoms with Gasteiger partial charge in [0.2, 0.25) is 0 Å². The second-order valence-corrected chi connectivity index (χ2v) is 3.84. The van der Waals surface area contributed by atoms with Crippen molar-refractivity contribution in [2.45, 2.75) is 25.5 Å². The molecule has 0 aliphatic heterocycles. The van der Waals surface area contributed by atoms with Crippen LogP contribution in [-0.2, 0) is 6.42 Å². The van der Waals surface area contributed by atoms with Gasteiger partial charge < -0.3 is 15.5 Å². The molecule has 0 heterocycles. The Bertz CT molecular complexity index is 264. The van der Waals surface area contributed by atoms with Gasteiger partial charge >= 0.3 is 0 Å². The van der Waals surface area contributed by atoms with E-state index < -0.39 is 6.10 Å². The van der Waals surface area contributed by atoms with E-state index in [0.717, 1.165) is 6.42 Å². The molecule has 1 aromatic rings. The predicted octanol–water partition coefficient (Wildman–Crippen LogP) is 0.560. The third-order valence-corrected chi connectivity index (χ3v) is 2.30. The SMILES string of the molecule is C[C@H](Cc1ccccc1)NC[C@@H](O)CO. The van der Waals surface area contributed by atoms with Crippen molar-refractivity contribution in [3.05, 3.63) is 35.9 Å². The van der Waals surface area contributed by atoms with Crippen molar-refractivity contribution in [2.75, 3.05) is 13.2 Å². The second-order valence-electron chi connectivity index (χ2n) is 3.84. The number of hydrogen-bond donors (Lipinski definition) is 3.